The van der Waals surface area contributed by atoms with Gasteiger partial charge < -0.3 is 10.3 Å². The fraction of sp³-hybridized carbons (Fsp3) is 0.421. The summed E-state index contributed by atoms with van der Waals surface area (Å²) in [5.41, 5.74) is 3.34. The van der Waals surface area contributed by atoms with Crippen LogP contribution in [0.15, 0.2) is 30.5 Å². The third-order valence-electron chi connectivity index (χ3n) is 4.10. The summed E-state index contributed by atoms with van der Waals surface area (Å²) in [6.45, 7) is 6.80. The molecule has 0 aliphatic heterocycles. The van der Waals surface area contributed by atoms with Gasteiger partial charge in [0, 0.05) is 31.6 Å². The largest absolute Gasteiger partial charge is 0.352 e. The van der Waals surface area contributed by atoms with Crippen LogP contribution in [0.3, 0.4) is 0 Å². The van der Waals surface area contributed by atoms with Crippen LogP contribution in [0.2, 0.25) is 0 Å². The first kappa shape index (κ1) is 17.2. The first-order valence-electron chi connectivity index (χ1n) is 8.60. The summed E-state index contributed by atoms with van der Waals surface area (Å²) in [6.07, 6.45) is 3.42. The number of imidazole rings is 1. The number of aromatic nitrogens is 4. The molecular formula is C19H25N5O. The molecule has 0 saturated carbocycles. The summed E-state index contributed by atoms with van der Waals surface area (Å²) in [6, 6.07) is 7.98. The van der Waals surface area contributed by atoms with Crippen molar-refractivity contribution in [1.82, 2.24) is 25.1 Å². The molecule has 2 N–H and O–H groups in total. The quantitative estimate of drug-likeness (QED) is 0.702. The molecule has 6 nitrogen and oxygen atoms in total. The number of aromatic amines is 1. The van der Waals surface area contributed by atoms with Crippen LogP contribution in [0.1, 0.15) is 49.1 Å². The van der Waals surface area contributed by atoms with Crippen LogP contribution in [0.4, 0.5) is 0 Å². The molecule has 0 bridgehead atoms. The Bertz CT molecular complexity index is 852. The number of H-pyrrole nitrogens is 1. The number of hydrogen-bond donors (Lipinski definition) is 2. The van der Waals surface area contributed by atoms with E-state index in [0.29, 0.717) is 12.1 Å². The molecule has 0 aliphatic rings. The number of nitrogens with one attached hydrogen (secondary N) is 2. The van der Waals surface area contributed by atoms with E-state index in [0.717, 1.165) is 35.4 Å². The standard InChI is InChI=1S/C19H25N5O/c1-19(2,3)17-13(12-24(4)23-17)18(25)20-11-7-10-16-21-14-8-5-6-9-15(14)22-16/h5-6,8-9,12H,7,10-11H2,1-4H3,(H,20,25)(H,21,22). The molecule has 0 aliphatic carbocycles. The van der Waals surface area contributed by atoms with Gasteiger partial charge in [-0.25, -0.2) is 4.98 Å². The summed E-state index contributed by atoms with van der Waals surface area (Å²) in [5, 5.41) is 7.44. The van der Waals surface area contributed by atoms with Crippen LogP contribution in [0, 0.1) is 0 Å². The molecule has 0 spiro atoms. The van der Waals surface area contributed by atoms with Crippen molar-refractivity contribution in [1.29, 1.82) is 0 Å². The van der Waals surface area contributed by atoms with E-state index in [1.165, 1.54) is 0 Å². The van der Waals surface area contributed by atoms with E-state index in [1.54, 1.807) is 10.9 Å². The topological polar surface area (TPSA) is 75.6 Å². The van der Waals surface area contributed by atoms with Crippen molar-refractivity contribution >= 4 is 16.9 Å². The number of para-hydroxylation sites is 2. The smallest absolute Gasteiger partial charge is 0.254 e. The predicted octanol–water partition coefficient (Wildman–Crippen LogP) is 2.96. The van der Waals surface area contributed by atoms with Gasteiger partial charge in [-0.15, -0.1) is 0 Å². The van der Waals surface area contributed by atoms with Crippen molar-refractivity contribution < 1.29 is 4.79 Å². The van der Waals surface area contributed by atoms with E-state index >= 15 is 0 Å². The van der Waals surface area contributed by atoms with Gasteiger partial charge in [-0.2, -0.15) is 5.10 Å². The van der Waals surface area contributed by atoms with Gasteiger partial charge in [0.2, 0.25) is 0 Å². The van der Waals surface area contributed by atoms with Gasteiger partial charge in [0.25, 0.3) is 5.91 Å². The minimum atomic E-state index is -0.164. The van der Waals surface area contributed by atoms with Gasteiger partial charge >= 0.3 is 0 Å². The third-order valence-corrected chi connectivity index (χ3v) is 4.10. The normalized spacial score (nSPS) is 11.8. The third kappa shape index (κ3) is 3.90. The molecule has 0 unspecified atom stereocenters. The number of fused-ring (bicyclic) bond motifs is 1. The van der Waals surface area contributed by atoms with Gasteiger partial charge in [0.1, 0.15) is 5.82 Å². The van der Waals surface area contributed by atoms with Gasteiger partial charge in [0.05, 0.1) is 22.3 Å². The molecule has 25 heavy (non-hydrogen) atoms. The lowest BCUT2D eigenvalue weighted by Gasteiger charge is -2.17. The predicted molar refractivity (Wildman–Crippen MR) is 98.7 cm³/mol. The van der Waals surface area contributed by atoms with Crippen LogP contribution in [0.25, 0.3) is 11.0 Å². The number of hydrogen-bond acceptors (Lipinski definition) is 3. The Labute approximate surface area is 147 Å². The fourth-order valence-electron chi connectivity index (χ4n) is 2.89. The second-order valence-corrected chi connectivity index (χ2v) is 7.38. The number of nitrogens with zero attached hydrogens (tertiary/aromatic N) is 3. The molecule has 0 saturated heterocycles. The first-order chi connectivity index (χ1) is 11.8. The number of aryl methyl sites for hydroxylation is 2. The molecule has 3 rings (SSSR count). The lowest BCUT2D eigenvalue weighted by Crippen LogP contribution is -2.27. The zero-order chi connectivity index (χ0) is 18.0. The van der Waals surface area contributed by atoms with E-state index in [9.17, 15) is 4.79 Å². The van der Waals surface area contributed by atoms with Crippen molar-refractivity contribution in [2.75, 3.05) is 6.54 Å². The molecule has 0 radical (unpaired) electrons. The molecule has 1 amide bonds. The van der Waals surface area contributed by atoms with Crippen LogP contribution in [0.5, 0.6) is 0 Å². The SMILES string of the molecule is Cn1cc(C(=O)NCCCc2nc3ccccc3[nH]2)c(C(C)(C)C)n1. The van der Waals surface area contributed by atoms with E-state index in [-0.39, 0.29) is 11.3 Å². The Hall–Kier alpha value is -2.63. The van der Waals surface area contributed by atoms with Crippen molar-refractivity contribution in [2.24, 2.45) is 7.05 Å². The zero-order valence-electron chi connectivity index (χ0n) is 15.3. The van der Waals surface area contributed by atoms with Gasteiger partial charge in [-0.1, -0.05) is 32.9 Å². The van der Waals surface area contributed by atoms with Crippen LogP contribution < -0.4 is 5.32 Å². The lowest BCUT2D eigenvalue weighted by molar-refractivity contribution is 0.0951. The average Bonchev–Trinajstić information content (AvgIpc) is 3.14. The molecule has 1 aromatic carbocycles. The molecule has 3 aromatic rings. The van der Waals surface area contributed by atoms with E-state index in [1.807, 2.05) is 31.3 Å². The highest BCUT2D eigenvalue weighted by molar-refractivity contribution is 5.95. The Morgan fingerprint density at radius 2 is 2.04 bits per heavy atom. The second-order valence-electron chi connectivity index (χ2n) is 7.38. The maximum absolute atomic E-state index is 12.5. The van der Waals surface area contributed by atoms with E-state index in [4.69, 9.17) is 0 Å². The first-order valence-corrected chi connectivity index (χ1v) is 8.60. The fourth-order valence-corrected chi connectivity index (χ4v) is 2.89. The summed E-state index contributed by atoms with van der Waals surface area (Å²) >= 11 is 0. The Kier molecular flexibility index (Phi) is 4.61. The lowest BCUT2D eigenvalue weighted by atomic mass is 9.89. The second kappa shape index (κ2) is 6.70. The highest BCUT2D eigenvalue weighted by atomic mass is 16.1. The molecule has 2 heterocycles. The molecule has 0 atom stereocenters. The molecule has 132 valence electrons. The van der Waals surface area contributed by atoms with Crippen molar-refractivity contribution in [3.8, 4) is 0 Å². The Morgan fingerprint density at radius 3 is 2.76 bits per heavy atom. The summed E-state index contributed by atoms with van der Waals surface area (Å²) in [7, 11) is 1.84. The minimum Gasteiger partial charge on any atom is -0.352 e. The summed E-state index contributed by atoms with van der Waals surface area (Å²) < 4.78 is 1.70. The Balaban J connectivity index is 1.56. The molecular weight excluding hydrogens is 314 g/mol. The monoisotopic (exact) mass is 339 g/mol. The van der Waals surface area contributed by atoms with Gasteiger partial charge in [0.15, 0.2) is 0 Å². The number of rotatable bonds is 5. The number of carbonyl (C=O) groups is 1. The highest BCUT2D eigenvalue weighted by Gasteiger charge is 2.25. The van der Waals surface area contributed by atoms with Crippen LogP contribution >= 0.6 is 0 Å². The maximum atomic E-state index is 12.5. The van der Waals surface area contributed by atoms with Crippen molar-refractivity contribution in [3.05, 3.63) is 47.5 Å². The maximum Gasteiger partial charge on any atom is 0.254 e. The molecule has 2 aromatic heterocycles. The Morgan fingerprint density at radius 1 is 1.28 bits per heavy atom. The van der Waals surface area contributed by atoms with Crippen LogP contribution in [-0.2, 0) is 18.9 Å². The van der Waals surface area contributed by atoms with E-state index in [2.05, 4.69) is 41.2 Å². The number of benzene rings is 1. The molecule has 6 heteroatoms. The number of carbonyl (C=O) groups excluding carboxylic acids is 1. The van der Waals surface area contributed by atoms with Gasteiger partial charge in [-0.05, 0) is 18.6 Å². The number of amides is 1. The molecule has 0 fully saturated rings. The van der Waals surface area contributed by atoms with Crippen molar-refractivity contribution in [3.63, 3.8) is 0 Å². The summed E-state index contributed by atoms with van der Waals surface area (Å²) in [5.74, 6) is 0.884. The van der Waals surface area contributed by atoms with E-state index < -0.39 is 0 Å². The minimum absolute atomic E-state index is 0.0670. The van der Waals surface area contributed by atoms with Crippen LogP contribution in [-0.4, -0.2) is 32.2 Å². The van der Waals surface area contributed by atoms with Crippen molar-refractivity contribution in [2.45, 2.75) is 39.0 Å². The highest BCUT2D eigenvalue weighted by Crippen LogP contribution is 2.24. The summed E-state index contributed by atoms with van der Waals surface area (Å²) in [4.78, 5) is 20.4. The zero-order valence-corrected chi connectivity index (χ0v) is 15.3. The average molecular weight is 339 g/mol. The van der Waals surface area contributed by atoms with Gasteiger partial charge in [-0.3, -0.25) is 9.48 Å².